The number of nitrogens with zero attached hydrogens (tertiary/aromatic N) is 2. The first kappa shape index (κ1) is 14.0. The molecule has 102 valence electrons. The molecule has 0 spiro atoms. The average molecular weight is 270 g/mol. The molecule has 0 aliphatic carbocycles. The van der Waals surface area contributed by atoms with E-state index in [1.165, 1.54) is 12.1 Å². The molecule has 0 amide bonds. The lowest BCUT2D eigenvalue weighted by Crippen LogP contribution is -2.14. The van der Waals surface area contributed by atoms with E-state index in [-0.39, 0.29) is 0 Å². The predicted octanol–water partition coefficient (Wildman–Crippen LogP) is 3.52. The molecule has 0 aliphatic rings. The van der Waals surface area contributed by atoms with Crippen LogP contribution in [-0.4, -0.2) is 12.2 Å². The van der Waals surface area contributed by atoms with Crippen molar-refractivity contribution in [1.82, 2.24) is 0 Å². The van der Waals surface area contributed by atoms with Gasteiger partial charge >= 0.3 is 0 Å². The lowest BCUT2D eigenvalue weighted by molar-refractivity contribution is 0.199. The van der Waals surface area contributed by atoms with Crippen molar-refractivity contribution in [2.24, 2.45) is 0 Å². The van der Waals surface area contributed by atoms with E-state index in [4.69, 9.17) is 5.26 Å². The van der Waals surface area contributed by atoms with Crippen molar-refractivity contribution in [3.8, 4) is 6.07 Å². The summed E-state index contributed by atoms with van der Waals surface area (Å²) in [6.45, 7) is 1.59. The van der Waals surface area contributed by atoms with Crippen LogP contribution in [0.5, 0.6) is 0 Å². The number of nitriles is 1. The summed E-state index contributed by atoms with van der Waals surface area (Å²) in [6.07, 6.45) is -0.794. The summed E-state index contributed by atoms with van der Waals surface area (Å²) in [5.41, 5.74) is 2.39. The van der Waals surface area contributed by atoms with Crippen molar-refractivity contribution < 1.29 is 9.50 Å². The first-order chi connectivity index (χ1) is 9.54. The molecule has 1 atom stereocenters. The SMILES string of the molecule is C[C@@H](O)c1cc(F)ccc1N(C)c1ccccc1C#N. The normalized spacial score (nSPS) is 11.8. The molecular weight excluding hydrogens is 255 g/mol. The topological polar surface area (TPSA) is 47.3 Å². The van der Waals surface area contributed by atoms with Gasteiger partial charge in [-0.25, -0.2) is 4.39 Å². The van der Waals surface area contributed by atoms with Gasteiger partial charge in [-0.2, -0.15) is 5.26 Å². The second-order valence-electron chi connectivity index (χ2n) is 4.57. The molecule has 0 aromatic heterocycles. The van der Waals surface area contributed by atoms with Crippen LogP contribution in [0.15, 0.2) is 42.5 Å². The Morgan fingerprint density at radius 1 is 1.20 bits per heavy atom. The molecule has 2 rings (SSSR count). The summed E-state index contributed by atoms with van der Waals surface area (Å²) in [4.78, 5) is 1.78. The number of aliphatic hydroxyl groups is 1. The second kappa shape index (κ2) is 5.72. The number of rotatable bonds is 3. The molecule has 0 saturated heterocycles. The smallest absolute Gasteiger partial charge is 0.123 e. The van der Waals surface area contributed by atoms with Gasteiger partial charge in [0.05, 0.1) is 17.4 Å². The highest BCUT2D eigenvalue weighted by atomic mass is 19.1. The van der Waals surface area contributed by atoms with Gasteiger partial charge in [-0.3, -0.25) is 0 Å². The van der Waals surface area contributed by atoms with E-state index in [0.29, 0.717) is 22.5 Å². The molecule has 0 unspecified atom stereocenters. The van der Waals surface area contributed by atoms with Crippen LogP contribution in [0.1, 0.15) is 24.2 Å². The minimum Gasteiger partial charge on any atom is -0.389 e. The minimum absolute atomic E-state index is 0.397. The maximum Gasteiger partial charge on any atom is 0.123 e. The predicted molar refractivity (Wildman–Crippen MR) is 76.3 cm³/mol. The fraction of sp³-hybridized carbons (Fsp3) is 0.188. The summed E-state index contributed by atoms with van der Waals surface area (Å²) in [6, 6.07) is 13.5. The monoisotopic (exact) mass is 270 g/mol. The van der Waals surface area contributed by atoms with Gasteiger partial charge in [-0.05, 0) is 37.3 Å². The summed E-state index contributed by atoms with van der Waals surface area (Å²) in [5.74, 6) is -0.397. The van der Waals surface area contributed by atoms with Crippen molar-refractivity contribution in [2.75, 3.05) is 11.9 Å². The van der Waals surface area contributed by atoms with E-state index >= 15 is 0 Å². The third-order valence-corrected chi connectivity index (χ3v) is 3.19. The van der Waals surface area contributed by atoms with E-state index < -0.39 is 11.9 Å². The Morgan fingerprint density at radius 2 is 1.90 bits per heavy atom. The number of aliphatic hydroxyl groups excluding tert-OH is 1. The van der Waals surface area contributed by atoms with Crippen molar-refractivity contribution >= 4 is 11.4 Å². The number of benzene rings is 2. The van der Waals surface area contributed by atoms with Crippen LogP contribution in [0.3, 0.4) is 0 Å². The Hall–Kier alpha value is -2.38. The van der Waals surface area contributed by atoms with Crippen LogP contribution >= 0.6 is 0 Å². The molecule has 2 aromatic carbocycles. The van der Waals surface area contributed by atoms with Gasteiger partial charge in [-0.1, -0.05) is 12.1 Å². The minimum atomic E-state index is -0.794. The van der Waals surface area contributed by atoms with Gasteiger partial charge in [0.2, 0.25) is 0 Å². The third-order valence-electron chi connectivity index (χ3n) is 3.19. The molecule has 3 nitrogen and oxygen atoms in total. The molecule has 0 aliphatic heterocycles. The fourth-order valence-corrected chi connectivity index (χ4v) is 2.16. The first-order valence-electron chi connectivity index (χ1n) is 6.25. The molecule has 4 heteroatoms. The van der Waals surface area contributed by atoms with E-state index in [2.05, 4.69) is 6.07 Å². The Kier molecular flexibility index (Phi) is 4.02. The highest BCUT2D eigenvalue weighted by Crippen LogP contribution is 2.32. The third kappa shape index (κ3) is 2.63. The Labute approximate surface area is 117 Å². The van der Waals surface area contributed by atoms with Gasteiger partial charge in [0, 0.05) is 18.3 Å². The maximum absolute atomic E-state index is 13.3. The number of hydrogen-bond acceptors (Lipinski definition) is 3. The summed E-state index contributed by atoms with van der Waals surface area (Å²) < 4.78 is 13.3. The molecule has 0 bridgehead atoms. The van der Waals surface area contributed by atoms with Gasteiger partial charge in [0.15, 0.2) is 0 Å². The Balaban J connectivity index is 2.54. The summed E-state index contributed by atoms with van der Waals surface area (Å²) >= 11 is 0. The molecule has 1 N–H and O–H groups in total. The molecule has 20 heavy (non-hydrogen) atoms. The van der Waals surface area contributed by atoms with Gasteiger partial charge < -0.3 is 10.0 Å². The van der Waals surface area contributed by atoms with E-state index in [1.807, 2.05) is 12.1 Å². The highest BCUT2D eigenvalue weighted by Gasteiger charge is 2.15. The molecule has 0 saturated carbocycles. The first-order valence-corrected chi connectivity index (χ1v) is 6.25. The van der Waals surface area contributed by atoms with E-state index in [0.717, 1.165) is 0 Å². The molecule has 0 heterocycles. The van der Waals surface area contributed by atoms with Gasteiger partial charge in [0.1, 0.15) is 11.9 Å². The number of para-hydroxylation sites is 1. The van der Waals surface area contributed by atoms with Crippen LogP contribution in [0.25, 0.3) is 0 Å². The fourth-order valence-electron chi connectivity index (χ4n) is 2.16. The molecule has 0 radical (unpaired) electrons. The van der Waals surface area contributed by atoms with Crippen LogP contribution in [0.2, 0.25) is 0 Å². The van der Waals surface area contributed by atoms with Gasteiger partial charge in [0.25, 0.3) is 0 Å². The van der Waals surface area contributed by atoms with Crippen LogP contribution in [0.4, 0.5) is 15.8 Å². The molecule has 2 aromatic rings. The zero-order valence-electron chi connectivity index (χ0n) is 11.3. The van der Waals surface area contributed by atoms with Gasteiger partial charge in [-0.15, -0.1) is 0 Å². The van der Waals surface area contributed by atoms with Crippen molar-refractivity contribution in [3.05, 3.63) is 59.4 Å². The summed E-state index contributed by atoms with van der Waals surface area (Å²) in [5, 5.41) is 18.9. The van der Waals surface area contributed by atoms with Crippen LogP contribution in [-0.2, 0) is 0 Å². The Morgan fingerprint density at radius 3 is 2.55 bits per heavy atom. The lowest BCUT2D eigenvalue weighted by Gasteiger charge is -2.24. The maximum atomic E-state index is 13.3. The zero-order chi connectivity index (χ0) is 14.7. The number of halogens is 1. The Bertz CT molecular complexity index is 662. The zero-order valence-corrected chi connectivity index (χ0v) is 11.3. The highest BCUT2D eigenvalue weighted by molar-refractivity contribution is 5.71. The molecule has 0 fully saturated rings. The number of hydrogen-bond donors (Lipinski definition) is 1. The molecular formula is C16H15FN2O. The standard InChI is InChI=1S/C16H15FN2O/c1-11(20)14-9-13(17)7-8-16(14)19(2)15-6-4-3-5-12(15)10-18/h3-9,11,20H,1-2H3/t11-/m1/s1. The van der Waals surface area contributed by atoms with Crippen molar-refractivity contribution in [2.45, 2.75) is 13.0 Å². The summed E-state index contributed by atoms with van der Waals surface area (Å²) in [7, 11) is 1.79. The largest absolute Gasteiger partial charge is 0.389 e. The van der Waals surface area contributed by atoms with Crippen LogP contribution in [0, 0.1) is 17.1 Å². The van der Waals surface area contributed by atoms with Crippen molar-refractivity contribution in [3.63, 3.8) is 0 Å². The second-order valence-corrected chi connectivity index (χ2v) is 4.57. The van der Waals surface area contributed by atoms with Crippen LogP contribution < -0.4 is 4.90 Å². The lowest BCUT2D eigenvalue weighted by atomic mass is 10.1. The van der Waals surface area contributed by atoms with E-state index in [9.17, 15) is 9.50 Å². The quantitative estimate of drug-likeness (QED) is 0.928. The average Bonchev–Trinajstić information content (AvgIpc) is 2.46. The van der Waals surface area contributed by atoms with Crippen molar-refractivity contribution in [1.29, 1.82) is 5.26 Å². The van der Waals surface area contributed by atoms with E-state index in [1.54, 1.807) is 37.1 Å². The number of anilines is 2.